The molecule has 4 heterocycles. The molecule has 0 saturated carbocycles. The van der Waals surface area contributed by atoms with Gasteiger partial charge in [-0.1, -0.05) is 24.3 Å². The predicted octanol–water partition coefficient (Wildman–Crippen LogP) is 2.68. The number of nitrogens with zero attached hydrogens (tertiary/aromatic N) is 3. The molecular formula is C34H35N5O7. The molecule has 238 valence electrons. The van der Waals surface area contributed by atoms with Crippen molar-refractivity contribution in [3.63, 3.8) is 0 Å². The summed E-state index contributed by atoms with van der Waals surface area (Å²) in [4.78, 5) is 53.4. The van der Waals surface area contributed by atoms with Crippen molar-refractivity contribution < 1.29 is 33.4 Å². The second-order valence-electron chi connectivity index (χ2n) is 11.5. The van der Waals surface area contributed by atoms with Crippen LogP contribution in [0.1, 0.15) is 34.3 Å². The van der Waals surface area contributed by atoms with E-state index in [2.05, 4.69) is 15.7 Å². The number of hydrogen-bond acceptors (Lipinski definition) is 8. The number of hydrogen-bond donors (Lipinski definition) is 2. The van der Waals surface area contributed by atoms with Gasteiger partial charge in [0.05, 0.1) is 19.7 Å². The molecule has 0 aromatic heterocycles. The van der Waals surface area contributed by atoms with Crippen LogP contribution < -0.4 is 24.8 Å². The standard InChI is InChI=1S/C34H35N5O7/c1-20-7-9-23-15-25(20)22-5-4-6-24(14-22)45-19-31(40)35-16-21-8-11-28(29(13-21)44-3)46-30-18-39(17-27(30)36-33(23)42)34(43)26-10-12-32(41)38(2)37-26/h4-9,11,13-15,27,30H,10,12,16-19H2,1-3H3,(H,35,40)(H,36,42)/t27-,30-/m0/s1. The maximum absolute atomic E-state index is 13.7. The fourth-order valence-electron chi connectivity index (χ4n) is 5.77. The number of likely N-dealkylation sites (tertiary alicyclic amines) is 1. The molecule has 0 radical (unpaired) electrons. The Labute approximate surface area is 266 Å². The van der Waals surface area contributed by atoms with Crippen LogP contribution in [0.25, 0.3) is 11.1 Å². The molecule has 4 aliphatic heterocycles. The minimum Gasteiger partial charge on any atom is -0.493 e. The summed E-state index contributed by atoms with van der Waals surface area (Å²) in [6.45, 7) is 2.39. The fourth-order valence-corrected chi connectivity index (χ4v) is 5.77. The Morgan fingerprint density at radius 3 is 2.65 bits per heavy atom. The van der Waals surface area contributed by atoms with E-state index in [0.717, 1.165) is 22.3 Å². The second-order valence-corrected chi connectivity index (χ2v) is 11.5. The number of nitrogens with one attached hydrogen (secondary N) is 2. The quantitative estimate of drug-likeness (QED) is 0.447. The zero-order valence-electron chi connectivity index (χ0n) is 25.9. The van der Waals surface area contributed by atoms with E-state index in [1.54, 1.807) is 29.2 Å². The van der Waals surface area contributed by atoms with Gasteiger partial charge in [0.2, 0.25) is 5.91 Å². The van der Waals surface area contributed by atoms with E-state index in [4.69, 9.17) is 14.2 Å². The molecule has 1 saturated heterocycles. The van der Waals surface area contributed by atoms with E-state index in [-0.39, 0.29) is 68.4 Å². The topological polar surface area (TPSA) is 139 Å². The normalized spacial score (nSPS) is 20.1. The maximum Gasteiger partial charge on any atom is 0.270 e. The SMILES string of the molecule is COc1cc2ccc1O[C@H]1CN(C(=O)C3=NN(C)C(=O)CC3)C[C@@H]1NC(=O)c1ccc(C)c(c1)-c1cccc(c1)OCC(=O)NC2. The Bertz CT molecular complexity index is 1740. The maximum atomic E-state index is 13.7. The number of carbonyl (C=O) groups is 4. The number of hydrazone groups is 1. The van der Waals surface area contributed by atoms with Crippen molar-refractivity contribution in [3.8, 4) is 28.4 Å². The number of benzene rings is 3. The van der Waals surface area contributed by atoms with Crippen molar-refractivity contribution in [2.75, 3.05) is 33.9 Å². The molecule has 7 rings (SSSR count). The average Bonchev–Trinajstić information content (AvgIpc) is 3.45. The van der Waals surface area contributed by atoms with E-state index in [1.807, 2.05) is 43.3 Å². The zero-order chi connectivity index (χ0) is 32.4. The summed E-state index contributed by atoms with van der Waals surface area (Å²) in [5, 5.41) is 11.3. The molecule has 2 atom stereocenters. The first-order valence-corrected chi connectivity index (χ1v) is 15.1. The van der Waals surface area contributed by atoms with Crippen LogP contribution >= 0.6 is 0 Å². The van der Waals surface area contributed by atoms with Crippen LogP contribution in [0, 0.1) is 6.92 Å². The minimum absolute atomic E-state index is 0.155. The highest BCUT2D eigenvalue weighted by molar-refractivity contribution is 6.39. The van der Waals surface area contributed by atoms with Crippen LogP contribution in [0.3, 0.4) is 0 Å². The number of rotatable bonds is 2. The van der Waals surface area contributed by atoms with Gasteiger partial charge in [0.25, 0.3) is 17.7 Å². The number of ether oxygens (including phenoxy) is 3. The van der Waals surface area contributed by atoms with Gasteiger partial charge < -0.3 is 29.7 Å². The molecule has 2 N–H and O–H groups in total. The molecule has 46 heavy (non-hydrogen) atoms. The lowest BCUT2D eigenvalue weighted by Gasteiger charge is -2.23. The van der Waals surface area contributed by atoms with E-state index >= 15 is 0 Å². The van der Waals surface area contributed by atoms with Gasteiger partial charge in [-0.05, 0) is 65.6 Å². The monoisotopic (exact) mass is 625 g/mol. The third kappa shape index (κ3) is 6.51. The van der Waals surface area contributed by atoms with Crippen LogP contribution in [-0.4, -0.2) is 85.2 Å². The third-order valence-electron chi connectivity index (χ3n) is 8.33. The first-order chi connectivity index (χ1) is 22.2. The summed E-state index contributed by atoms with van der Waals surface area (Å²) in [7, 11) is 3.04. The predicted molar refractivity (Wildman–Crippen MR) is 169 cm³/mol. The van der Waals surface area contributed by atoms with Gasteiger partial charge in [0, 0.05) is 38.5 Å². The van der Waals surface area contributed by atoms with Crippen LogP contribution in [0.4, 0.5) is 0 Å². The molecule has 6 bridgehead atoms. The minimum atomic E-state index is -0.625. The molecule has 4 aliphatic rings. The Hall–Kier alpha value is -5.39. The first-order valence-electron chi connectivity index (χ1n) is 15.1. The fraction of sp³-hybridized carbons (Fsp3) is 0.324. The number of fused-ring (bicyclic) bond motifs is 7. The zero-order valence-corrected chi connectivity index (χ0v) is 25.9. The highest BCUT2D eigenvalue weighted by atomic mass is 16.5. The van der Waals surface area contributed by atoms with E-state index in [0.29, 0.717) is 22.8 Å². The highest BCUT2D eigenvalue weighted by Gasteiger charge is 2.40. The summed E-state index contributed by atoms with van der Waals surface area (Å²) in [6, 6.07) is 17.6. The molecule has 12 nitrogen and oxygen atoms in total. The van der Waals surface area contributed by atoms with Crippen molar-refractivity contribution >= 4 is 29.3 Å². The van der Waals surface area contributed by atoms with Crippen molar-refractivity contribution in [1.29, 1.82) is 0 Å². The van der Waals surface area contributed by atoms with Crippen LogP contribution in [0.2, 0.25) is 0 Å². The Balaban J connectivity index is 1.35. The lowest BCUT2D eigenvalue weighted by Crippen LogP contribution is -2.45. The van der Waals surface area contributed by atoms with Gasteiger partial charge in [0.15, 0.2) is 18.1 Å². The molecular weight excluding hydrogens is 590 g/mol. The van der Waals surface area contributed by atoms with Crippen LogP contribution in [-0.2, 0) is 20.9 Å². The number of carbonyl (C=O) groups excluding carboxylic acids is 4. The van der Waals surface area contributed by atoms with Crippen molar-refractivity contribution in [2.24, 2.45) is 5.10 Å². The Kier molecular flexibility index (Phi) is 8.60. The van der Waals surface area contributed by atoms with Crippen LogP contribution in [0.15, 0.2) is 65.8 Å². The van der Waals surface area contributed by atoms with Gasteiger partial charge in [-0.2, -0.15) is 5.10 Å². The van der Waals surface area contributed by atoms with Crippen molar-refractivity contribution in [1.82, 2.24) is 20.5 Å². The number of methoxy groups -OCH3 is 1. The molecule has 12 heteroatoms. The molecule has 4 amide bonds. The molecule has 0 aliphatic carbocycles. The van der Waals surface area contributed by atoms with Crippen LogP contribution in [0.5, 0.6) is 17.2 Å². The second kappa shape index (κ2) is 12.9. The molecule has 0 unspecified atom stereocenters. The third-order valence-corrected chi connectivity index (χ3v) is 8.33. The summed E-state index contributed by atoms with van der Waals surface area (Å²) < 4.78 is 17.8. The van der Waals surface area contributed by atoms with E-state index in [1.165, 1.54) is 19.2 Å². The number of amides is 4. The highest BCUT2D eigenvalue weighted by Crippen LogP contribution is 2.32. The average molecular weight is 626 g/mol. The largest absolute Gasteiger partial charge is 0.493 e. The summed E-state index contributed by atoms with van der Waals surface area (Å²) in [6.07, 6.45) is -0.185. The Morgan fingerprint density at radius 1 is 1.00 bits per heavy atom. The van der Waals surface area contributed by atoms with Gasteiger partial charge in [-0.15, -0.1) is 0 Å². The molecule has 3 aromatic carbocycles. The molecule has 3 aromatic rings. The summed E-state index contributed by atoms with van der Waals surface area (Å²) in [5.41, 5.74) is 4.13. The van der Waals surface area contributed by atoms with Gasteiger partial charge in [-0.25, -0.2) is 5.01 Å². The van der Waals surface area contributed by atoms with Gasteiger partial charge in [0.1, 0.15) is 17.6 Å². The number of aryl methyl sites for hydroxylation is 1. The van der Waals surface area contributed by atoms with Gasteiger partial charge in [-0.3, -0.25) is 19.2 Å². The molecule has 1 fully saturated rings. The van der Waals surface area contributed by atoms with Crippen molar-refractivity contribution in [3.05, 3.63) is 77.4 Å². The van der Waals surface area contributed by atoms with E-state index in [9.17, 15) is 19.2 Å². The lowest BCUT2D eigenvalue weighted by molar-refractivity contribution is -0.130. The van der Waals surface area contributed by atoms with Crippen molar-refractivity contribution in [2.45, 2.75) is 38.5 Å². The van der Waals surface area contributed by atoms with Gasteiger partial charge >= 0.3 is 0 Å². The lowest BCUT2D eigenvalue weighted by atomic mass is 9.97. The first kappa shape index (κ1) is 30.6. The smallest absolute Gasteiger partial charge is 0.270 e. The summed E-state index contributed by atoms with van der Waals surface area (Å²) in [5.74, 6) is 0.303. The summed E-state index contributed by atoms with van der Waals surface area (Å²) >= 11 is 0. The molecule has 0 spiro atoms. The van der Waals surface area contributed by atoms with E-state index < -0.39 is 12.1 Å². The Morgan fingerprint density at radius 2 is 1.85 bits per heavy atom.